The SMILES string of the molecule is O=c1n(Cc2ccccc2F)nnn1-c1ccc(Cl)cc1. The van der Waals surface area contributed by atoms with Crippen molar-refractivity contribution in [1.82, 2.24) is 19.8 Å². The van der Waals surface area contributed by atoms with Crippen molar-refractivity contribution >= 4 is 11.6 Å². The first-order valence-electron chi connectivity index (χ1n) is 6.17. The third kappa shape index (κ3) is 2.71. The summed E-state index contributed by atoms with van der Waals surface area (Å²) in [7, 11) is 0. The molecule has 0 amide bonds. The van der Waals surface area contributed by atoms with Crippen LogP contribution < -0.4 is 5.69 Å². The van der Waals surface area contributed by atoms with Gasteiger partial charge in [0.15, 0.2) is 0 Å². The van der Waals surface area contributed by atoms with Crippen molar-refractivity contribution in [2.45, 2.75) is 6.54 Å². The molecule has 2 aromatic carbocycles. The zero-order chi connectivity index (χ0) is 14.8. The smallest absolute Gasteiger partial charge is 0.244 e. The summed E-state index contributed by atoms with van der Waals surface area (Å²) < 4.78 is 15.8. The highest BCUT2D eigenvalue weighted by Gasteiger charge is 2.10. The maximum Gasteiger partial charge on any atom is 0.368 e. The standard InChI is InChI=1S/C14H10ClFN4O/c15-11-5-7-12(8-6-11)20-14(21)19(17-18-20)9-10-3-1-2-4-13(10)16/h1-8H,9H2. The quantitative estimate of drug-likeness (QED) is 0.746. The molecule has 0 bridgehead atoms. The number of nitrogens with zero attached hydrogens (tertiary/aromatic N) is 4. The van der Waals surface area contributed by atoms with Crippen molar-refractivity contribution in [1.29, 1.82) is 0 Å². The van der Waals surface area contributed by atoms with Crippen LogP contribution in [-0.2, 0) is 6.54 Å². The lowest BCUT2D eigenvalue weighted by molar-refractivity contribution is 0.570. The Morgan fingerprint density at radius 3 is 2.48 bits per heavy atom. The Kier molecular flexibility index (Phi) is 3.53. The third-order valence-electron chi connectivity index (χ3n) is 2.99. The Bertz CT molecular complexity index is 825. The van der Waals surface area contributed by atoms with Crippen LogP contribution in [0.4, 0.5) is 4.39 Å². The minimum Gasteiger partial charge on any atom is -0.244 e. The average molecular weight is 305 g/mol. The van der Waals surface area contributed by atoms with Gasteiger partial charge in [0.05, 0.1) is 12.2 Å². The lowest BCUT2D eigenvalue weighted by Gasteiger charge is -2.01. The summed E-state index contributed by atoms with van der Waals surface area (Å²) >= 11 is 5.80. The third-order valence-corrected chi connectivity index (χ3v) is 3.24. The molecule has 0 aliphatic rings. The number of halogens is 2. The van der Waals surface area contributed by atoms with E-state index in [0.717, 1.165) is 9.36 Å². The van der Waals surface area contributed by atoms with Crippen molar-refractivity contribution in [2.24, 2.45) is 0 Å². The fourth-order valence-electron chi connectivity index (χ4n) is 1.91. The van der Waals surface area contributed by atoms with Crippen LogP contribution in [0.2, 0.25) is 5.02 Å². The molecule has 5 nitrogen and oxygen atoms in total. The molecule has 0 aliphatic carbocycles. The van der Waals surface area contributed by atoms with E-state index in [1.165, 1.54) is 6.07 Å². The van der Waals surface area contributed by atoms with Crippen molar-refractivity contribution in [3.05, 3.63) is 75.4 Å². The first kappa shape index (κ1) is 13.5. The van der Waals surface area contributed by atoms with E-state index in [0.29, 0.717) is 16.3 Å². The van der Waals surface area contributed by atoms with E-state index in [1.807, 2.05) is 0 Å². The Morgan fingerprint density at radius 2 is 1.76 bits per heavy atom. The second-order valence-corrected chi connectivity index (χ2v) is 4.84. The number of rotatable bonds is 3. The molecule has 0 aliphatic heterocycles. The first-order chi connectivity index (χ1) is 10.1. The second kappa shape index (κ2) is 5.49. The lowest BCUT2D eigenvalue weighted by Crippen LogP contribution is -2.25. The Hall–Kier alpha value is -2.47. The van der Waals surface area contributed by atoms with E-state index in [-0.39, 0.29) is 12.4 Å². The van der Waals surface area contributed by atoms with Crippen molar-refractivity contribution in [3.8, 4) is 5.69 Å². The molecular formula is C14H10ClFN4O. The van der Waals surface area contributed by atoms with Crippen LogP contribution >= 0.6 is 11.6 Å². The van der Waals surface area contributed by atoms with Crippen LogP contribution in [0, 0.1) is 5.82 Å². The normalized spacial score (nSPS) is 10.8. The van der Waals surface area contributed by atoms with Crippen LogP contribution in [0.3, 0.4) is 0 Å². The topological polar surface area (TPSA) is 52.7 Å². The molecule has 1 heterocycles. The number of tetrazole rings is 1. The molecule has 3 rings (SSSR count). The van der Waals surface area contributed by atoms with E-state index < -0.39 is 5.69 Å². The highest BCUT2D eigenvalue weighted by molar-refractivity contribution is 6.30. The van der Waals surface area contributed by atoms with Gasteiger partial charge in [-0.1, -0.05) is 29.8 Å². The number of hydrogen-bond donors (Lipinski definition) is 0. The fraction of sp³-hybridized carbons (Fsp3) is 0.0714. The first-order valence-corrected chi connectivity index (χ1v) is 6.55. The molecule has 0 saturated carbocycles. The number of benzene rings is 2. The van der Waals surface area contributed by atoms with Gasteiger partial charge in [-0.25, -0.2) is 9.18 Å². The van der Waals surface area contributed by atoms with Gasteiger partial charge in [0, 0.05) is 10.6 Å². The molecule has 0 fully saturated rings. The number of hydrogen-bond acceptors (Lipinski definition) is 3. The van der Waals surface area contributed by atoms with Crippen LogP contribution in [0.15, 0.2) is 53.3 Å². The summed E-state index contributed by atoms with van der Waals surface area (Å²) in [6.07, 6.45) is 0. The van der Waals surface area contributed by atoms with E-state index in [1.54, 1.807) is 42.5 Å². The van der Waals surface area contributed by atoms with Gasteiger partial charge in [-0.05, 0) is 40.8 Å². The summed E-state index contributed by atoms with van der Waals surface area (Å²) in [5.41, 5.74) is 0.479. The molecule has 106 valence electrons. The van der Waals surface area contributed by atoms with Gasteiger partial charge in [0.1, 0.15) is 5.82 Å². The van der Waals surface area contributed by atoms with Gasteiger partial charge in [-0.15, -0.1) is 0 Å². The minimum atomic E-state index is -0.444. The molecule has 0 radical (unpaired) electrons. The Labute approximate surface area is 124 Å². The van der Waals surface area contributed by atoms with Gasteiger partial charge in [0.2, 0.25) is 0 Å². The van der Waals surface area contributed by atoms with Crippen LogP contribution in [0.5, 0.6) is 0 Å². The maximum absolute atomic E-state index is 13.6. The summed E-state index contributed by atoms with van der Waals surface area (Å²) in [5, 5.41) is 8.12. The van der Waals surface area contributed by atoms with Crippen LogP contribution in [0.25, 0.3) is 5.69 Å². The Balaban J connectivity index is 1.95. The maximum atomic E-state index is 13.6. The molecule has 21 heavy (non-hydrogen) atoms. The van der Waals surface area contributed by atoms with Gasteiger partial charge < -0.3 is 0 Å². The number of aromatic nitrogens is 4. The molecule has 0 spiro atoms. The van der Waals surface area contributed by atoms with Crippen molar-refractivity contribution < 1.29 is 4.39 Å². The van der Waals surface area contributed by atoms with Crippen molar-refractivity contribution in [2.75, 3.05) is 0 Å². The molecule has 0 saturated heterocycles. The van der Waals surface area contributed by atoms with Gasteiger partial charge in [0.25, 0.3) is 0 Å². The van der Waals surface area contributed by atoms with Crippen LogP contribution in [-0.4, -0.2) is 19.8 Å². The zero-order valence-electron chi connectivity index (χ0n) is 10.8. The van der Waals surface area contributed by atoms with Gasteiger partial charge >= 0.3 is 5.69 Å². The van der Waals surface area contributed by atoms with E-state index >= 15 is 0 Å². The monoisotopic (exact) mass is 304 g/mol. The summed E-state index contributed by atoms with van der Waals surface area (Å²) in [6.45, 7) is 0.0269. The highest BCUT2D eigenvalue weighted by Crippen LogP contribution is 2.11. The molecule has 1 aromatic heterocycles. The highest BCUT2D eigenvalue weighted by atomic mass is 35.5. The molecule has 0 N–H and O–H groups in total. The largest absolute Gasteiger partial charge is 0.368 e. The van der Waals surface area contributed by atoms with Gasteiger partial charge in [-0.3, -0.25) is 0 Å². The summed E-state index contributed by atoms with van der Waals surface area (Å²) in [6, 6.07) is 12.8. The molecule has 3 aromatic rings. The summed E-state index contributed by atoms with van der Waals surface area (Å²) in [4.78, 5) is 12.2. The van der Waals surface area contributed by atoms with E-state index in [2.05, 4.69) is 10.4 Å². The average Bonchev–Trinajstić information content (AvgIpc) is 2.84. The van der Waals surface area contributed by atoms with E-state index in [9.17, 15) is 9.18 Å². The van der Waals surface area contributed by atoms with Crippen LogP contribution in [0.1, 0.15) is 5.56 Å². The Morgan fingerprint density at radius 1 is 1.05 bits per heavy atom. The predicted octanol–water partition coefficient (Wildman–Crippen LogP) is 2.27. The molecule has 0 atom stereocenters. The molecular weight excluding hydrogens is 295 g/mol. The summed E-state index contributed by atoms with van der Waals surface area (Å²) in [5.74, 6) is -0.384. The lowest BCUT2D eigenvalue weighted by atomic mass is 10.2. The van der Waals surface area contributed by atoms with E-state index in [4.69, 9.17) is 11.6 Å². The minimum absolute atomic E-state index is 0.0269. The molecule has 7 heteroatoms. The fourth-order valence-corrected chi connectivity index (χ4v) is 2.03. The second-order valence-electron chi connectivity index (χ2n) is 4.40. The van der Waals surface area contributed by atoms with Gasteiger partial charge in [-0.2, -0.15) is 9.36 Å². The molecule has 0 unspecified atom stereocenters. The predicted molar refractivity (Wildman–Crippen MR) is 76.1 cm³/mol. The zero-order valence-corrected chi connectivity index (χ0v) is 11.5. The van der Waals surface area contributed by atoms with Crippen molar-refractivity contribution in [3.63, 3.8) is 0 Å².